The molecule has 0 unspecified atom stereocenters. The van der Waals surface area contributed by atoms with E-state index in [0.717, 1.165) is 35.8 Å². The number of nitrogens with one attached hydrogen (secondary N) is 1. The summed E-state index contributed by atoms with van der Waals surface area (Å²) in [5.74, 6) is 0.898. The third-order valence-corrected chi connectivity index (χ3v) is 2.50. The zero-order valence-electron chi connectivity index (χ0n) is 10.5. The lowest BCUT2D eigenvalue weighted by molar-refractivity contribution is 0.317. The Labute approximate surface area is 108 Å². The van der Waals surface area contributed by atoms with Crippen molar-refractivity contribution in [3.63, 3.8) is 0 Å². The van der Waals surface area contributed by atoms with Crippen LogP contribution in [0.4, 0.5) is 17.1 Å². The van der Waals surface area contributed by atoms with Crippen LogP contribution in [0.3, 0.4) is 0 Å². The number of benzene rings is 2. The second-order valence-corrected chi connectivity index (χ2v) is 4.12. The molecular formula is C15H18N2O. The Balaban J connectivity index is 2.02. The van der Waals surface area contributed by atoms with E-state index >= 15 is 0 Å². The maximum Gasteiger partial charge on any atom is 0.119 e. The highest BCUT2D eigenvalue weighted by Crippen LogP contribution is 2.21. The van der Waals surface area contributed by atoms with E-state index in [4.69, 9.17) is 10.5 Å². The quantitative estimate of drug-likeness (QED) is 0.784. The van der Waals surface area contributed by atoms with Crippen molar-refractivity contribution in [1.29, 1.82) is 0 Å². The van der Waals surface area contributed by atoms with Crippen molar-refractivity contribution >= 4 is 17.1 Å². The number of anilines is 3. The molecule has 0 radical (unpaired) electrons. The minimum atomic E-state index is 0.752. The van der Waals surface area contributed by atoms with Crippen molar-refractivity contribution in [3.8, 4) is 5.75 Å². The largest absolute Gasteiger partial charge is 0.494 e. The number of nitrogens with two attached hydrogens (primary N) is 1. The van der Waals surface area contributed by atoms with Crippen molar-refractivity contribution < 1.29 is 4.74 Å². The fourth-order valence-electron chi connectivity index (χ4n) is 1.64. The molecule has 0 aliphatic rings. The Morgan fingerprint density at radius 2 is 1.83 bits per heavy atom. The van der Waals surface area contributed by atoms with Crippen LogP contribution in [0.1, 0.15) is 13.3 Å². The molecule has 0 heterocycles. The molecule has 2 aromatic carbocycles. The zero-order valence-corrected chi connectivity index (χ0v) is 10.5. The molecule has 2 aromatic rings. The van der Waals surface area contributed by atoms with Gasteiger partial charge in [-0.1, -0.05) is 13.0 Å². The Bertz CT molecular complexity index is 494. The first-order valence-electron chi connectivity index (χ1n) is 6.13. The highest BCUT2D eigenvalue weighted by molar-refractivity contribution is 5.63. The van der Waals surface area contributed by atoms with Gasteiger partial charge in [-0.05, 0) is 48.9 Å². The van der Waals surface area contributed by atoms with Crippen molar-refractivity contribution in [2.24, 2.45) is 0 Å². The number of nitrogen functional groups attached to an aromatic ring is 1. The number of rotatable bonds is 5. The topological polar surface area (TPSA) is 47.3 Å². The van der Waals surface area contributed by atoms with Crippen LogP contribution in [0.2, 0.25) is 0 Å². The smallest absolute Gasteiger partial charge is 0.119 e. The molecule has 0 atom stereocenters. The van der Waals surface area contributed by atoms with Crippen LogP contribution in [-0.2, 0) is 0 Å². The van der Waals surface area contributed by atoms with Gasteiger partial charge in [-0.15, -0.1) is 0 Å². The van der Waals surface area contributed by atoms with E-state index in [1.54, 1.807) is 0 Å². The third-order valence-electron chi connectivity index (χ3n) is 2.50. The predicted molar refractivity (Wildman–Crippen MR) is 76.4 cm³/mol. The van der Waals surface area contributed by atoms with E-state index in [1.807, 2.05) is 48.5 Å². The van der Waals surface area contributed by atoms with Crippen molar-refractivity contribution in [2.75, 3.05) is 17.7 Å². The van der Waals surface area contributed by atoms with Gasteiger partial charge in [0.2, 0.25) is 0 Å². The van der Waals surface area contributed by atoms with Crippen LogP contribution in [-0.4, -0.2) is 6.61 Å². The standard InChI is InChI=1S/C15H18N2O/c1-2-10-18-15-8-6-13(7-9-15)17-14-5-3-4-12(16)11-14/h3-9,11,17H,2,10,16H2,1H3. The van der Waals surface area contributed by atoms with Crippen LogP contribution < -0.4 is 15.8 Å². The normalized spacial score (nSPS) is 10.1. The molecule has 0 amide bonds. The highest BCUT2D eigenvalue weighted by Gasteiger charge is 1.97. The van der Waals surface area contributed by atoms with Gasteiger partial charge in [-0.2, -0.15) is 0 Å². The Kier molecular flexibility index (Phi) is 4.07. The van der Waals surface area contributed by atoms with Crippen molar-refractivity contribution in [1.82, 2.24) is 0 Å². The molecule has 0 saturated heterocycles. The molecule has 0 aromatic heterocycles. The average Bonchev–Trinajstić information content (AvgIpc) is 2.38. The van der Waals surface area contributed by atoms with Crippen LogP contribution in [0, 0.1) is 0 Å². The predicted octanol–water partition coefficient (Wildman–Crippen LogP) is 3.80. The molecule has 18 heavy (non-hydrogen) atoms. The first-order valence-corrected chi connectivity index (χ1v) is 6.13. The van der Waals surface area contributed by atoms with Gasteiger partial charge in [-0.25, -0.2) is 0 Å². The number of hydrogen-bond acceptors (Lipinski definition) is 3. The lowest BCUT2D eigenvalue weighted by atomic mass is 10.2. The van der Waals surface area contributed by atoms with Gasteiger partial charge in [-0.3, -0.25) is 0 Å². The minimum Gasteiger partial charge on any atom is -0.494 e. The molecule has 0 bridgehead atoms. The minimum absolute atomic E-state index is 0.752. The van der Waals surface area contributed by atoms with Gasteiger partial charge in [0, 0.05) is 17.1 Å². The molecule has 3 heteroatoms. The van der Waals surface area contributed by atoms with Crippen molar-refractivity contribution in [2.45, 2.75) is 13.3 Å². The highest BCUT2D eigenvalue weighted by atomic mass is 16.5. The molecule has 0 aliphatic carbocycles. The van der Waals surface area contributed by atoms with Crippen LogP contribution in [0.15, 0.2) is 48.5 Å². The second-order valence-electron chi connectivity index (χ2n) is 4.12. The van der Waals surface area contributed by atoms with E-state index < -0.39 is 0 Å². The maximum absolute atomic E-state index is 5.73. The first kappa shape index (κ1) is 12.3. The Hall–Kier alpha value is -2.16. The van der Waals surface area contributed by atoms with E-state index in [0.29, 0.717) is 0 Å². The van der Waals surface area contributed by atoms with Crippen molar-refractivity contribution in [3.05, 3.63) is 48.5 Å². The van der Waals surface area contributed by atoms with Gasteiger partial charge < -0.3 is 15.8 Å². The molecule has 3 N–H and O–H groups in total. The summed E-state index contributed by atoms with van der Waals surface area (Å²) >= 11 is 0. The third kappa shape index (κ3) is 3.42. The average molecular weight is 242 g/mol. The molecule has 94 valence electrons. The lowest BCUT2D eigenvalue weighted by Gasteiger charge is -2.09. The summed E-state index contributed by atoms with van der Waals surface area (Å²) in [5, 5.41) is 3.29. The first-order chi connectivity index (χ1) is 8.78. The van der Waals surface area contributed by atoms with E-state index in [2.05, 4.69) is 12.2 Å². The van der Waals surface area contributed by atoms with Gasteiger partial charge in [0.25, 0.3) is 0 Å². The Morgan fingerprint density at radius 3 is 2.50 bits per heavy atom. The molecule has 3 nitrogen and oxygen atoms in total. The van der Waals surface area contributed by atoms with Crippen LogP contribution in [0.25, 0.3) is 0 Å². The molecule has 0 saturated carbocycles. The summed E-state index contributed by atoms with van der Waals surface area (Å²) in [5.41, 5.74) is 8.49. The van der Waals surface area contributed by atoms with Gasteiger partial charge in [0.05, 0.1) is 6.61 Å². The SMILES string of the molecule is CCCOc1ccc(Nc2cccc(N)c2)cc1. The maximum atomic E-state index is 5.73. The fourth-order valence-corrected chi connectivity index (χ4v) is 1.64. The molecular weight excluding hydrogens is 224 g/mol. The summed E-state index contributed by atoms with van der Waals surface area (Å²) in [6, 6.07) is 15.6. The summed E-state index contributed by atoms with van der Waals surface area (Å²) in [6.45, 7) is 2.84. The molecule has 0 spiro atoms. The zero-order chi connectivity index (χ0) is 12.8. The van der Waals surface area contributed by atoms with Gasteiger partial charge in [0.15, 0.2) is 0 Å². The molecule has 0 aliphatic heterocycles. The van der Waals surface area contributed by atoms with E-state index in [-0.39, 0.29) is 0 Å². The molecule has 2 rings (SSSR count). The van der Waals surface area contributed by atoms with E-state index in [9.17, 15) is 0 Å². The summed E-state index contributed by atoms with van der Waals surface area (Å²) in [4.78, 5) is 0. The van der Waals surface area contributed by atoms with Gasteiger partial charge >= 0.3 is 0 Å². The monoisotopic (exact) mass is 242 g/mol. The fraction of sp³-hybridized carbons (Fsp3) is 0.200. The number of hydrogen-bond donors (Lipinski definition) is 2. The number of ether oxygens (including phenoxy) is 1. The summed E-state index contributed by atoms with van der Waals surface area (Å²) in [7, 11) is 0. The second kappa shape index (κ2) is 5.96. The molecule has 0 fully saturated rings. The summed E-state index contributed by atoms with van der Waals surface area (Å²) < 4.78 is 5.53. The van der Waals surface area contributed by atoms with Gasteiger partial charge in [0.1, 0.15) is 5.75 Å². The van der Waals surface area contributed by atoms with Crippen LogP contribution >= 0.6 is 0 Å². The van der Waals surface area contributed by atoms with E-state index in [1.165, 1.54) is 0 Å². The Morgan fingerprint density at radius 1 is 1.06 bits per heavy atom. The van der Waals surface area contributed by atoms with Crippen LogP contribution in [0.5, 0.6) is 5.75 Å². The summed E-state index contributed by atoms with van der Waals surface area (Å²) in [6.07, 6.45) is 1.02. The lowest BCUT2D eigenvalue weighted by Crippen LogP contribution is -1.95.